The number of aromatic amines is 1. The Morgan fingerprint density at radius 1 is 1.08 bits per heavy atom. The summed E-state index contributed by atoms with van der Waals surface area (Å²) in [5.74, 6) is -2.10. The minimum atomic E-state index is -1.09. The van der Waals surface area contributed by atoms with Gasteiger partial charge in [-0.3, -0.25) is 9.78 Å². The number of carbonyl (C=O) groups is 1. The molecule has 0 fully saturated rings. The number of phenolic OH excluding ortho intramolecular Hbond substituents is 1. The number of aromatic nitrogens is 6. The predicted molar refractivity (Wildman–Crippen MR) is 141 cm³/mol. The van der Waals surface area contributed by atoms with Gasteiger partial charge in [-0.2, -0.15) is 9.97 Å². The van der Waals surface area contributed by atoms with Gasteiger partial charge in [0.15, 0.2) is 28.8 Å². The Balaban J connectivity index is 0.000000265. The number of likely N-dealkylation sites (N-methyl/N-ethyl adjacent to an activating group) is 1. The van der Waals surface area contributed by atoms with Crippen LogP contribution in [0.3, 0.4) is 0 Å². The Bertz CT molecular complexity index is 1540. The third-order valence-electron chi connectivity index (χ3n) is 6.02. The van der Waals surface area contributed by atoms with Crippen LogP contribution in [0, 0.1) is 17.6 Å². The molecule has 0 saturated heterocycles. The van der Waals surface area contributed by atoms with Gasteiger partial charge < -0.3 is 20.2 Å². The Kier molecular flexibility index (Phi) is 7.93. The van der Waals surface area contributed by atoms with Crippen molar-refractivity contribution >= 4 is 40.2 Å². The van der Waals surface area contributed by atoms with Gasteiger partial charge in [0.05, 0.1) is 12.4 Å². The number of amides is 1. The molecule has 0 aliphatic carbocycles. The number of halogens is 2. The molecule has 4 aromatic rings. The van der Waals surface area contributed by atoms with Crippen molar-refractivity contribution in [2.24, 2.45) is 5.92 Å². The SMILES string of the molecule is CC(C)CCN1c2nc(Nc3cc(F)c(O)c(F)c3)ncc2N(C)C(=O)C1C.O=c1ncc2nccnc2[nH]1. The molecule has 204 valence electrons. The van der Waals surface area contributed by atoms with Gasteiger partial charge in [0, 0.05) is 43.8 Å². The minimum Gasteiger partial charge on any atom is -0.503 e. The number of phenols is 1. The van der Waals surface area contributed by atoms with E-state index in [9.17, 15) is 23.5 Å². The summed E-state index contributed by atoms with van der Waals surface area (Å²) in [6.45, 7) is 6.67. The standard InChI is InChI=1S/C19H23F2N5O2.C6H4N4O/c1-10(2)5-6-26-11(3)18(28)25(4)15-9-22-19(24-17(15)26)23-12-7-13(20)16(27)14(21)8-12;11-6-9-3-4-5(10-6)8-2-1-7-4/h7-11,27H,5-6H2,1-4H3,(H,22,23,24);1-3H,(H,8,9,10,11). The summed E-state index contributed by atoms with van der Waals surface area (Å²) >= 11 is 0. The van der Waals surface area contributed by atoms with Gasteiger partial charge in [0.1, 0.15) is 17.2 Å². The molecule has 1 aliphatic heterocycles. The third-order valence-corrected chi connectivity index (χ3v) is 6.02. The van der Waals surface area contributed by atoms with Gasteiger partial charge in [-0.1, -0.05) is 13.8 Å². The summed E-state index contributed by atoms with van der Waals surface area (Å²) in [6.07, 6.45) is 6.83. The Morgan fingerprint density at radius 3 is 2.46 bits per heavy atom. The number of rotatable bonds is 5. The number of carbonyl (C=O) groups excluding carboxylic acids is 1. The molecule has 1 amide bonds. The smallest absolute Gasteiger partial charge is 0.346 e. The van der Waals surface area contributed by atoms with Crippen LogP contribution >= 0.6 is 0 Å². The fourth-order valence-electron chi connectivity index (χ4n) is 3.85. The first-order valence-electron chi connectivity index (χ1n) is 12.1. The molecule has 3 aromatic heterocycles. The van der Waals surface area contributed by atoms with Crippen molar-refractivity contribution in [3.8, 4) is 5.75 Å². The van der Waals surface area contributed by atoms with E-state index in [1.54, 1.807) is 13.2 Å². The molecule has 0 radical (unpaired) electrons. The monoisotopic (exact) mass is 539 g/mol. The summed E-state index contributed by atoms with van der Waals surface area (Å²) in [6, 6.07) is 1.52. The Morgan fingerprint density at radius 2 is 1.77 bits per heavy atom. The summed E-state index contributed by atoms with van der Waals surface area (Å²) in [5.41, 5.74) is 1.29. The van der Waals surface area contributed by atoms with Gasteiger partial charge >= 0.3 is 5.69 Å². The Hall–Kier alpha value is -4.75. The summed E-state index contributed by atoms with van der Waals surface area (Å²) in [7, 11) is 1.67. The maximum absolute atomic E-state index is 13.6. The first-order chi connectivity index (χ1) is 18.5. The second-order valence-electron chi connectivity index (χ2n) is 9.24. The topological polar surface area (TPSA) is 153 Å². The molecular formula is C25H27F2N9O3. The Labute approximate surface area is 221 Å². The van der Waals surface area contributed by atoms with Crippen LogP contribution in [0.2, 0.25) is 0 Å². The normalized spacial score (nSPS) is 14.7. The average molecular weight is 540 g/mol. The van der Waals surface area contributed by atoms with Crippen LogP contribution in [-0.4, -0.2) is 60.6 Å². The number of aromatic hydroxyl groups is 1. The predicted octanol–water partition coefficient (Wildman–Crippen LogP) is 3.13. The van der Waals surface area contributed by atoms with Crippen molar-refractivity contribution in [2.45, 2.75) is 33.2 Å². The first kappa shape index (κ1) is 27.3. The molecule has 14 heteroatoms. The molecule has 4 heterocycles. The molecule has 12 nitrogen and oxygen atoms in total. The zero-order chi connectivity index (χ0) is 28.3. The highest BCUT2D eigenvalue weighted by Crippen LogP contribution is 2.35. The molecule has 5 rings (SSSR count). The first-order valence-corrected chi connectivity index (χ1v) is 12.1. The highest BCUT2D eigenvalue weighted by molar-refractivity contribution is 6.04. The summed E-state index contributed by atoms with van der Waals surface area (Å²) in [4.78, 5) is 49.0. The lowest BCUT2D eigenvalue weighted by Crippen LogP contribution is -2.51. The molecule has 0 saturated carbocycles. The molecule has 1 unspecified atom stereocenters. The highest BCUT2D eigenvalue weighted by Gasteiger charge is 2.35. The van der Waals surface area contributed by atoms with Crippen molar-refractivity contribution < 1.29 is 18.7 Å². The summed E-state index contributed by atoms with van der Waals surface area (Å²) in [5, 5.41) is 12.0. The molecular weight excluding hydrogens is 512 g/mol. The average Bonchev–Trinajstić information content (AvgIpc) is 2.90. The van der Waals surface area contributed by atoms with E-state index in [2.05, 4.69) is 49.1 Å². The molecule has 3 N–H and O–H groups in total. The van der Waals surface area contributed by atoms with E-state index in [-0.39, 0.29) is 23.6 Å². The molecule has 1 atom stereocenters. The summed E-state index contributed by atoms with van der Waals surface area (Å²) < 4.78 is 27.2. The van der Waals surface area contributed by atoms with E-state index < -0.39 is 23.1 Å². The zero-order valence-corrected chi connectivity index (χ0v) is 21.7. The van der Waals surface area contributed by atoms with Crippen molar-refractivity contribution in [2.75, 3.05) is 28.7 Å². The number of nitrogens with zero attached hydrogens (tertiary/aromatic N) is 7. The van der Waals surface area contributed by atoms with Gasteiger partial charge in [-0.25, -0.2) is 28.5 Å². The molecule has 0 bridgehead atoms. The second-order valence-corrected chi connectivity index (χ2v) is 9.24. The van der Waals surface area contributed by atoms with Crippen LogP contribution < -0.4 is 20.8 Å². The second kappa shape index (κ2) is 11.3. The van der Waals surface area contributed by atoms with Crippen LogP contribution in [0.5, 0.6) is 5.75 Å². The molecule has 0 spiro atoms. The lowest BCUT2D eigenvalue weighted by atomic mass is 10.1. The number of fused-ring (bicyclic) bond motifs is 2. The highest BCUT2D eigenvalue weighted by atomic mass is 19.1. The van der Waals surface area contributed by atoms with Gasteiger partial charge in [-0.15, -0.1) is 0 Å². The maximum atomic E-state index is 13.6. The van der Waals surface area contributed by atoms with E-state index >= 15 is 0 Å². The number of hydrogen-bond donors (Lipinski definition) is 3. The zero-order valence-electron chi connectivity index (χ0n) is 21.7. The van der Waals surface area contributed by atoms with Gasteiger partial charge in [0.25, 0.3) is 0 Å². The van der Waals surface area contributed by atoms with Crippen LogP contribution in [-0.2, 0) is 4.79 Å². The number of hydrogen-bond acceptors (Lipinski definition) is 10. The van der Waals surface area contributed by atoms with E-state index in [1.165, 1.54) is 23.5 Å². The molecule has 1 aliphatic rings. The number of nitrogens with one attached hydrogen (secondary N) is 2. The number of H-pyrrole nitrogens is 1. The van der Waals surface area contributed by atoms with Gasteiger partial charge in [0.2, 0.25) is 11.9 Å². The van der Waals surface area contributed by atoms with Gasteiger partial charge in [-0.05, 0) is 19.3 Å². The fraction of sp³-hybridized carbons (Fsp3) is 0.320. The van der Waals surface area contributed by atoms with Crippen molar-refractivity contribution in [3.63, 3.8) is 0 Å². The van der Waals surface area contributed by atoms with E-state index in [0.29, 0.717) is 35.1 Å². The number of benzene rings is 1. The van der Waals surface area contributed by atoms with Crippen molar-refractivity contribution in [1.29, 1.82) is 0 Å². The van der Waals surface area contributed by atoms with Crippen LogP contribution in [0.15, 0.2) is 41.7 Å². The minimum absolute atomic E-state index is 0.0526. The molecule has 39 heavy (non-hydrogen) atoms. The fourth-order valence-corrected chi connectivity index (χ4v) is 3.85. The van der Waals surface area contributed by atoms with Crippen molar-refractivity contribution in [1.82, 2.24) is 29.9 Å². The van der Waals surface area contributed by atoms with Crippen LogP contribution in [0.1, 0.15) is 27.2 Å². The van der Waals surface area contributed by atoms with E-state index in [0.717, 1.165) is 18.6 Å². The lowest BCUT2D eigenvalue weighted by molar-refractivity contribution is -0.119. The third kappa shape index (κ3) is 6.05. The quantitative estimate of drug-likeness (QED) is 0.322. The van der Waals surface area contributed by atoms with Crippen molar-refractivity contribution in [3.05, 3.63) is 59.0 Å². The maximum Gasteiger partial charge on any atom is 0.346 e. The van der Waals surface area contributed by atoms with Crippen LogP contribution in [0.25, 0.3) is 11.2 Å². The van der Waals surface area contributed by atoms with E-state index in [4.69, 9.17) is 0 Å². The lowest BCUT2D eigenvalue weighted by Gasteiger charge is -2.39. The molecule has 1 aromatic carbocycles. The largest absolute Gasteiger partial charge is 0.503 e. The van der Waals surface area contributed by atoms with E-state index in [1.807, 2.05) is 11.8 Å². The number of anilines is 4. The van der Waals surface area contributed by atoms with Crippen LogP contribution in [0.4, 0.5) is 31.9 Å².